The molecule has 10 nitrogen and oxygen atoms in total. The van der Waals surface area contributed by atoms with Crippen LogP contribution in [0.5, 0.6) is 0 Å². The lowest BCUT2D eigenvalue weighted by molar-refractivity contribution is -0.182. The summed E-state index contributed by atoms with van der Waals surface area (Å²) in [6, 6.07) is 0. The molecule has 0 bridgehead atoms. The third-order valence-corrected chi connectivity index (χ3v) is 5.18. The highest BCUT2D eigenvalue weighted by Crippen LogP contribution is 2.31. The Bertz CT molecular complexity index is 669. The first kappa shape index (κ1) is 25.7. The molecule has 1 unspecified atom stereocenters. The van der Waals surface area contributed by atoms with Gasteiger partial charge in [0, 0.05) is 19.6 Å². The fourth-order valence-electron chi connectivity index (χ4n) is 2.60. The summed E-state index contributed by atoms with van der Waals surface area (Å²) in [6.07, 6.45) is -2.06. The maximum absolute atomic E-state index is 12.4. The topological polar surface area (TPSA) is 132 Å². The lowest BCUT2D eigenvalue weighted by Crippen LogP contribution is -2.50. The van der Waals surface area contributed by atoms with Crippen LogP contribution < -0.4 is 0 Å². The second kappa shape index (κ2) is 11.2. The van der Waals surface area contributed by atoms with Crippen LogP contribution in [0.2, 0.25) is 0 Å². The molecule has 0 aromatic carbocycles. The number of esters is 5. The molecule has 0 aliphatic carbocycles. The zero-order valence-electron chi connectivity index (χ0n) is 17.9. The Kier molecular flexibility index (Phi) is 9.60. The molecule has 0 radical (unpaired) electrons. The molecule has 1 aliphatic heterocycles. The Morgan fingerprint density at radius 2 is 1.77 bits per heavy atom. The molecule has 11 heteroatoms. The van der Waals surface area contributed by atoms with E-state index in [-0.39, 0.29) is 18.8 Å². The van der Waals surface area contributed by atoms with E-state index in [1.165, 1.54) is 13.8 Å². The van der Waals surface area contributed by atoms with Crippen molar-refractivity contribution in [1.29, 1.82) is 0 Å². The number of cyclic esters (lactones) is 1. The monoisotopic (exact) mass is 448 g/mol. The molecule has 0 saturated carbocycles. The minimum atomic E-state index is -1.23. The summed E-state index contributed by atoms with van der Waals surface area (Å²) in [7, 11) is 1.15. The average Bonchev–Trinajstić information content (AvgIpc) is 2.60. The molecule has 0 aromatic heterocycles. The highest BCUT2D eigenvalue weighted by Gasteiger charge is 2.43. The molecule has 1 saturated heterocycles. The van der Waals surface area contributed by atoms with Gasteiger partial charge in [0.25, 0.3) is 0 Å². The first-order chi connectivity index (χ1) is 13.8. The summed E-state index contributed by atoms with van der Waals surface area (Å²) in [5, 5.41) is -0.634. The third kappa shape index (κ3) is 8.60. The number of methoxy groups -OCH3 is 1. The molecule has 4 atom stereocenters. The Balaban J connectivity index is 2.98. The number of thioether (sulfide) groups is 1. The van der Waals surface area contributed by atoms with Gasteiger partial charge in [-0.25, -0.2) is 0 Å². The van der Waals surface area contributed by atoms with Crippen molar-refractivity contribution in [2.24, 2.45) is 5.92 Å². The summed E-state index contributed by atoms with van der Waals surface area (Å²) >= 11 is 1.08. The van der Waals surface area contributed by atoms with Crippen molar-refractivity contribution in [3.05, 3.63) is 0 Å². The number of ether oxygens (including phenoxy) is 5. The zero-order chi connectivity index (χ0) is 23.1. The maximum Gasteiger partial charge on any atom is 0.321 e. The highest BCUT2D eigenvalue weighted by atomic mass is 32.2. The summed E-state index contributed by atoms with van der Waals surface area (Å²) < 4.78 is 25.3. The number of carbonyl (C=O) groups is 5. The van der Waals surface area contributed by atoms with E-state index in [9.17, 15) is 24.0 Å². The van der Waals surface area contributed by atoms with Crippen molar-refractivity contribution in [3.8, 4) is 0 Å². The lowest BCUT2D eigenvalue weighted by Gasteiger charge is -2.36. The smallest absolute Gasteiger partial charge is 0.321 e. The van der Waals surface area contributed by atoms with Gasteiger partial charge in [-0.05, 0) is 20.8 Å². The van der Waals surface area contributed by atoms with Gasteiger partial charge in [0.2, 0.25) is 0 Å². The summed E-state index contributed by atoms with van der Waals surface area (Å²) in [5.74, 6) is -4.64. The highest BCUT2D eigenvalue weighted by molar-refractivity contribution is 8.00. The van der Waals surface area contributed by atoms with E-state index in [0.29, 0.717) is 0 Å². The van der Waals surface area contributed by atoms with Crippen molar-refractivity contribution in [2.45, 2.75) is 64.1 Å². The Labute approximate surface area is 179 Å². The Morgan fingerprint density at radius 3 is 2.27 bits per heavy atom. The SMILES string of the molecule is COC(=O)C(CS[C@H]1CC(=O)O[C@H](COC(C)=O)[C@H]1OC(C)=O)C(=O)OC(C)(C)C. The van der Waals surface area contributed by atoms with Crippen molar-refractivity contribution < 1.29 is 47.7 Å². The third-order valence-electron chi connectivity index (χ3n) is 3.79. The standard InChI is InChI=1S/C19H28O10S/c1-10(20)26-8-13-16(27-11(2)21)14(7-15(22)28-13)30-9-12(17(23)25-6)18(24)29-19(3,4)5/h12-14,16H,7-9H2,1-6H3/t12?,13-,14+,16-/m1/s1. The van der Waals surface area contributed by atoms with Crippen LogP contribution in [0.15, 0.2) is 0 Å². The molecule has 1 heterocycles. The van der Waals surface area contributed by atoms with Gasteiger partial charge in [-0.3, -0.25) is 24.0 Å². The van der Waals surface area contributed by atoms with Crippen LogP contribution in [0.4, 0.5) is 0 Å². The molecule has 0 spiro atoms. The van der Waals surface area contributed by atoms with Gasteiger partial charge in [0.1, 0.15) is 12.2 Å². The molecule has 1 rings (SSSR count). The predicted molar refractivity (Wildman–Crippen MR) is 104 cm³/mol. The van der Waals surface area contributed by atoms with Gasteiger partial charge in [0.15, 0.2) is 18.1 Å². The predicted octanol–water partition coefficient (Wildman–Crippen LogP) is 1.03. The lowest BCUT2D eigenvalue weighted by atomic mass is 10.0. The zero-order valence-corrected chi connectivity index (χ0v) is 18.7. The Morgan fingerprint density at radius 1 is 1.13 bits per heavy atom. The van der Waals surface area contributed by atoms with E-state index in [4.69, 9.17) is 23.7 Å². The van der Waals surface area contributed by atoms with Gasteiger partial charge >= 0.3 is 29.8 Å². The van der Waals surface area contributed by atoms with Crippen LogP contribution in [-0.2, 0) is 47.7 Å². The van der Waals surface area contributed by atoms with Gasteiger partial charge < -0.3 is 23.7 Å². The van der Waals surface area contributed by atoms with E-state index in [0.717, 1.165) is 18.9 Å². The molecule has 0 N–H and O–H groups in total. The first-order valence-corrected chi connectivity index (χ1v) is 10.3. The van der Waals surface area contributed by atoms with Gasteiger partial charge in [-0.15, -0.1) is 0 Å². The molecule has 30 heavy (non-hydrogen) atoms. The molecule has 0 amide bonds. The van der Waals surface area contributed by atoms with E-state index in [1.54, 1.807) is 20.8 Å². The van der Waals surface area contributed by atoms with Crippen LogP contribution in [0.1, 0.15) is 41.0 Å². The Hall–Kier alpha value is -2.30. The molecule has 170 valence electrons. The second-order valence-electron chi connectivity index (χ2n) is 7.59. The van der Waals surface area contributed by atoms with Gasteiger partial charge in [-0.1, -0.05) is 0 Å². The summed E-state index contributed by atoms with van der Waals surface area (Å²) in [6.45, 7) is 7.10. The van der Waals surface area contributed by atoms with Crippen molar-refractivity contribution in [1.82, 2.24) is 0 Å². The molecule has 1 aliphatic rings. The van der Waals surface area contributed by atoms with Crippen LogP contribution in [0, 0.1) is 5.92 Å². The molecule has 1 fully saturated rings. The fourth-order valence-corrected chi connectivity index (χ4v) is 3.98. The van der Waals surface area contributed by atoms with Crippen molar-refractivity contribution in [3.63, 3.8) is 0 Å². The van der Waals surface area contributed by atoms with Crippen molar-refractivity contribution >= 4 is 41.6 Å². The van der Waals surface area contributed by atoms with E-state index >= 15 is 0 Å². The molecular weight excluding hydrogens is 420 g/mol. The average molecular weight is 448 g/mol. The summed E-state index contributed by atoms with van der Waals surface area (Å²) in [4.78, 5) is 59.2. The number of rotatable bonds is 8. The fraction of sp³-hybridized carbons (Fsp3) is 0.737. The van der Waals surface area contributed by atoms with Crippen molar-refractivity contribution in [2.75, 3.05) is 19.5 Å². The van der Waals surface area contributed by atoms with Crippen LogP contribution in [-0.4, -0.2) is 72.4 Å². The minimum Gasteiger partial charge on any atom is -0.468 e. The first-order valence-electron chi connectivity index (χ1n) is 9.26. The second-order valence-corrected chi connectivity index (χ2v) is 8.86. The van der Waals surface area contributed by atoms with Crippen LogP contribution in [0.3, 0.4) is 0 Å². The number of hydrogen-bond acceptors (Lipinski definition) is 11. The quantitative estimate of drug-likeness (QED) is 0.299. The van der Waals surface area contributed by atoms with Crippen LogP contribution >= 0.6 is 11.8 Å². The van der Waals surface area contributed by atoms with E-state index in [2.05, 4.69) is 0 Å². The van der Waals surface area contributed by atoms with Crippen LogP contribution in [0.25, 0.3) is 0 Å². The number of carbonyl (C=O) groups excluding carboxylic acids is 5. The van der Waals surface area contributed by atoms with Gasteiger partial charge in [-0.2, -0.15) is 11.8 Å². The maximum atomic E-state index is 12.4. The normalized spacial score (nSPS) is 22.3. The van der Waals surface area contributed by atoms with E-state index in [1.807, 2.05) is 0 Å². The number of hydrogen-bond donors (Lipinski definition) is 0. The largest absolute Gasteiger partial charge is 0.468 e. The molecular formula is C19H28O10S. The van der Waals surface area contributed by atoms with Gasteiger partial charge in [0.05, 0.1) is 18.8 Å². The minimum absolute atomic E-state index is 0.0718. The van der Waals surface area contributed by atoms with E-state index < -0.39 is 58.8 Å². The summed E-state index contributed by atoms with van der Waals surface area (Å²) in [5.41, 5.74) is -0.807. The molecule has 0 aromatic rings.